The molecule has 0 radical (unpaired) electrons. The minimum Gasteiger partial charge on any atom is -0.317 e. The first-order valence-corrected chi connectivity index (χ1v) is 6.90. The monoisotopic (exact) mass is 255 g/mol. The van der Waals surface area contributed by atoms with Gasteiger partial charge in [-0.05, 0) is 60.7 Å². The molecule has 0 bridgehead atoms. The zero-order valence-corrected chi connectivity index (χ0v) is 10.9. The standard InChI is InChI=1S/C17H18FN/c18-15-7-5-13(6-8-15)16-3-1-2-4-17(16)14-9-11-19-12-10-14/h1-8,14,19H,9-12H2. The molecule has 98 valence electrons. The van der Waals surface area contributed by atoms with E-state index in [-0.39, 0.29) is 5.82 Å². The van der Waals surface area contributed by atoms with Gasteiger partial charge in [0.1, 0.15) is 5.82 Å². The summed E-state index contributed by atoms with van der Waals surface area (Å²) in [5.41, 5.74) is 3.75. The third-order valence-corrected chi connectivity index (χ3v) is 3.89. The summed E-state index contributed by atoms with van der Waals surface area (Å²) in [5.74, 6) is 0.436. The van der Waals surface area contributed by atoms with Gasteiger partial charge in [-0.2, -0.15) is 0 Å². The van der Waals surface area contributed by atoms with Gasteiger partial charge >= 0.3 is 0 Å². The van der Waals surface area contributed by atoms with Crippen LogP contribution in [0.1, 0.15) is 24.3 Å². The summed E-state index contributed by atoms with van der Waals surface area (Å²) in [7, 11) is 0. The third kappa shape index (κ3) is 2.69. The van der Waals surface area contributed by atoms with E-state index in [4.69, 9.17) is 0 Å². The van der Waals surface area contributed by atoms with Crippen molar-refractivity contribution >= 4 is 0 Å². The lowest BCUT2D eigenvalue weighted by atomic mass is 9.85. The molecular formula is C17H18FN. The Morgan fingerprint density at radius 1 is 0.895 bits per heavy atom. The van der Waals surface area contributed by atoms with Gasteiger partial charge in [-0.25, -0.2) is 4.39 Å². The summed E-state index contributed by atoms with van der Waals surface area (Å²) in [5, 5.41) is 3.40. The predicted molar refractivity (Wildman–Crippen MR) is 76.7 cm³/mol. The fraction of sp³-hybridized carbons (Fsp3) is 0.294. The Labute approximate surface area is 113 Å². The highest BCUT2D eigenvalue weighted by molar-refractivity contribution is 5.68. The second kappa shape index (κ2) is 5.54. The Kier molecular flexibility index (Phi) is 3.60. The smallest absolute Gasteiger partial charge is 0.123 e. The number of nitrogens with one attached hydrogen (secondary N) is 1. The van der Waals surface area contributed by atoms with Crippen LogP contribution in [-0.4, -0.2) is 13.1 Å². The van der Waals surface area contributed by atoms with Crippen molar-refractivity contribution in [2.24, 2.45) is 0 Å². The number of hydrogen-bond donors (Lipinski definition) is 1. The Morgan fingerprint density at radius 2 is 1.58 bits per heavy atom. The topological polar surface area (TPSA) is 12.0 Å². The van der Waals surface area contributed by atoms with E-state index in [0.717, 1.165) is 18.7 Å². The Hall–Kier alpha value is -1.67. The van der Waals surface area contributed by atoms with Crippen LogP contribution in [-0.2, 0) is 0 Å². The van der Waals surface area contributed by atoms with Crippen LogP contribution in [0.4, 0.5) is 4.39 Å². The molecule has 1 aliphatic heterocycles. The molecule has 1 heterocycles. The second-order valence-electron chi connectivity index (χ2n) is 5.12. The van der Waals surface area contributed by atoms with Gasteiger partial charge in [0.2, 0.25) is 0 Å². The van der Waals surface area contributed by atoms with Gasteiger partial charge in [0.05, 0.1) is 0 Å². The Morgan fingerprint density at radius 3 is 2.32 bits per heavy atom. The van der Waals surface area contributed by atoms with E-state index in [1.165, 1.54) is 36.1 Å². The molecule has 2 aromatic carbocycles. The molecule has 1 saturated heterocycles. The van der Waals surface area contributed by atoms with Gasteiger partial charge in [-0.15, -0.1) is 0 Å². The minimum atomic E-state index is -0.178. The molecule has 0 amide bonds. The molecule has 2 heteroatoms. The van der Waals surface area contributed by atoms with E-state index in [1.54, 1.807) is 0 Å². The molecule has 3 rings (SSSR count). The highest BCUT2D eigenvalue weighted by Crippen LogP contribution is 2.33. The van der Waals surface area contributed by atoms with Crippen LogP contribution in [0.5, 0.6) is 0 Å². The van der Waals surface area contributed by atoms with E-state index < -0.39 is 0 Å². The Balaban J connectivity index is 1.98. The zero-order chi connectivity index (χ0) is 13.1. The van der Waals surface area contributed by atoms with Crippen molar-refractivity contribution in [3.05, 3.63) is 59.9 Å². The Bertz CT molecular complexity index is 541. The lowest BCUT2D eigenvalue weighted by Gasteiger charge is -2.25. The molecule has 1 fully saturated rings. The van der Waals surface area contributed by atoms with E-state index in [0.29, 0.717) is 5.92 Å². The molecular weight excluding hydrogens is 237 g/mol. The summed E-state index contributed by atoms with van der Waals surface area (Å²) < 4.78 is 13.0. The van der Waals surface area contributed by atoms with Crippen LogP contribution in [0.2, 0.25) is 0 Å². The second-order valence-corrected chi connectivity index (χ2v) is 5.12. The van der Waals surface area contributed by atoms with Crippen LogP contribution in [0.3, 0.4) is 0 Å². The average molecular weight is 255 g/mol. The summed E-state index contributed by atoms with van der Waals surface area (Å²) in [6.07, 6.45) is 2.36. The highest BCUT2D eigenvalue weighted by Gasteiger charge is 2.18. The summed E-state index contributed by atoms with van der Waals surface area (Å²) >= 11 is 0. The molecule has 0 aliphatic carbocycles. The van der Waals surface area contributed by atoms with Crippen LogP contribution >= 0.6 is 0 Å². The quantitative estimate of drug-likeness (QED) is 0.856. The first-order valence-electron chi connectivity index (χ1n) is 6.90. The van der Waals surface area contributed by atoms with Gasteiger partial charge in [0.15, 0.2) is 0 Å². The average Bonchev–Trinajstić information content (AvgIpc) is 2.49. The number of hydrogen-bond acceptors (Lipinski definition) is 1. The van der Waals surface area contributed by atoms with E-state index in [1.807, 2.05) is 12.1 Å². The normalized spacial score (nSPS) is 16.5. The van der Waals surface area contributed by atoms with Gasteiger partial charge in [-0.1, -0.05) is 36.4 Å². The van der Waals surface area contributed by atoms with Crippen molar-refractivity contribution in [1.29, 1.82) is 0 Å². The fourth-order valence-corrected chi connectivity index (χ4v) is 2.88. The third-order valence-electron chi connectivity index (χ3n) is 3.89. The van der Waals surface area contributed by atoms with Crippen molar-refractivity contribution in [2.45, 2.75) is 18.8 Å². The number of benzene rings is 2. The van der Waals surface area contributed by atoms with Crippen LogP contribution < -0.4 is 5.32 Å². The van der Waals surface area contributed by atoms with Gasteiger partial charge in [0, 0.05) is 0 Å². The molecule has 0 atom stereocenters. The van der Waals surface area contributed by atoms with Crippen molar-refractivity contribution in [2.75, 3.05) is 13.1 Å². The molecule has 1 N–H and O–H groups in total. The molecule has 0 aromatic heterocycles. The summed E-state index contributed by atoms with van der Waals surface area (Å²) in [4.78, 5) is 0. The largest absolute Gasteiger partial charge is 0.317 e. The molecule has 2 aromatic rings. The lowest BCUT2D eigenvalue weighted by Crippen LogP contribution is -2.26. The molecule has 0 spiro atoms. The maximum Gasteiger partial charge on any atom is 0.123 e. The van der Waals surface area contributed by atoms with Gasteiger partial charge in [0.25, 0.3) is 0 Å². The van der Waals surface area contributed by atoms with Crippen molar-refractivity contribution < 1.29 is 4.39 Å². The van der Waals surface area contributed by atoms with Gasteiger partial charge < -0.3 is 5.32 Å². The van der Waals surface area contributed by atoms with Crippen LogP contribution in [0.15, 0.2) is 48.5 Å². The van der Waals surface area contributed by atoms with E-state index in [9.17, 15) is 4.39 Å². The van der Waals surface area contributed by atoms with Crippen molar-refractivity contribution in [3.8, 4) is 11.1 Å². The van der Waals surface area contributed by atoms with Crippen molar-refractivity contribution in [1.82, 2.24) is 5.32 Å². The predicted octanol–water partition coefficient (Wildman–Crippen LogP) is 3.96. The zero-order valence-electron chi connectivity index (χ0n) is 10.9. The van der Waals surface area contributed by atoms with Gasteiger partial charge in [-0.3, -0.25) is 0 Å². The minimum absolute atomic E-state index is 0.178. The van der Waals surface area contributed by atoms with E-state index in [2.05, 4.69) is 29.6 Å². The first-order chi connectivity index (χ1) is 9.34. The number of piperidine rings is 1. The maximum absolute atomic E-state index is 13.0. The van der Waals surface area contributed by atoms with E-state index >= 15 is 0 Å². The lowest BCUT2D eigenvalue weighted by molar-refractivity contribution is 0.461. The molecule has 1 aliphatic rings. The molecule has 19 heavy (non-hydrogen) atoms. The fourth-order valence-electron chi connectivity index (χ4n) is 2.88. The van der Waals surface area contributed by atoms with Crippen molar-refractivity contribution in [3.63, 3.8) is 0 Å². The summed E-state index contributed by atoms with van der Waals surface area (Å²) in [6, 6.07) is 15.3. The first kappa shape index (κ1) is 12.4. The van der Waals surface area contributed by atoms with Crippen LogP contribution in [0, 0.1) is 5.82 Å². The number of rotatable bonds is 2. The molecule has 1 nitrogen and oxygen atoms in total. The number of halogens is 1. The SMILES string of the molecule is Fc1ccc(-c2ccccc2C2CCNCC2)cc1. The molecule has 0 unspecified atom stereocenters. The van der Waals surface area contributed by atoms with Crippen LogP contribution in [0.25, 0.3) is 11.1 Å². The highest BCUT2D eigenvalue weighted by atomic mass is 19.1. The summed E-state index contributed by atoms with van der Waals surface area (Å²) in [6.45, 7) is 2.17. The molecule has 0 saturated carbocycles. The maximum atomic E-state index is 13.0.